The summed E-state index contributed by atoms with van der Waals surface area (Å²) in [5, 5.41) is 3.31. The number of benzene rings is 1. The molecule has 6 nitrogen and oxygen atoms in total. The lowest BCUT2D eigenvalue weighted by Gasteiger charge is -2.70. The Morgan fingerprint density at radius 1 is 1.14 bits per heavy atom. The van der Waals surface area contributed by atoms with Crippen molar-refractivity contribution in [1.29, 1.82) is 0 Å². The van der Waals surface area contributed by atoms with E-state index in [1.165, 1.54) is 49.8 Å². The minimum atomic E-state index is -0.729. The second kappa shape index (κ2) is 7.28. The summed E-state index contributed by atoms with van der Waals surface area (Å²) >= 11 is 0. The molecule has 1 N–H and O–H groups in total. The molecule has 36 heavy (non-hydrogen) atoms. The molecule has 192 valence electrons. The van der Waals surface area contributed by atoms with Gasteiger partial charge in [0.1, 0.15) is 11.7 Å². The van der Waals surface area contributed by atoms with E-state index < -0.39 is 5.60 Å². The Labute approximate surface area is 213 Å². The third-order valence-electron chi connectivity index (χ3n) is 11.4. The molecule has 2 aliphatic heterocycles. The van der Waals surface area contributed by atoms with Gasteiger partial charge >= 0.3 is 0 Å². The molecule has 2 heterocycles. The van der Waals surface area contributed by atoms with Gasteiger partial charge in [-0.15, -0.1) is 0 Å². The number of nitrogens with one attached hydrogen (secondary N) is 1. The van der Waals surface area contributed by atoms with E-state index in [1.807, 2.05) is 0 Å². The number of carbonyl (C=O) groups excluding carboxylic acids is 1. The van der Waals surface area contributed by atoms with E-state index in [9.17, 15) is 4.79 Å². The summed E-state index contributed by atoms with van der Waals surface area (Å²) in [6, 6.07) is 4.76. The number of carbonyl (C=O) groups is 1. The van der Waals surface area contributed by atoms with Crippen molar-refractivity contribution in [2.24, 2.45) is 17.3 Å². The smallest absolute Gasteiger partial charge is 0.249 e. The maximum Gasteiger partial charge on any atom is 0.249 e. The quantitative estimate of drug-likeness (QED) is 0.631. The highest BCUT2D eigenvalue weighted by Gasteiger charge is 2.79. The van der Waals surface area contributed by atoms with E-state index in [2.05, 4.69) is 28.4 Å². The zero-order valence-corrected chi connectivity index (χ0v) is 21.6. The fraction of sp³-hybridized carbons (Fsp3) is 0.700. The molecule has 3 saturated carbocycles. The van der Waals surface area contributed by atoms with E-state index in [4.69, 9.17) is 14.2 Å². The van der Waals surface area contributed by atoms with Gasteiger partial charge < -0.3 is 19.5 Å². The molecule has 1 amide bonds. The van der Waals surface area contributed by atoms with Crippen molar-refractivity contribution in [3.63, 3.8) is 0 Å². The van der Waals surface area contributed by atoms with Crippen LogP contribution in [-0.2, 0) is 21.4 Å². The summed E-state index contributed by atoms with van der Waals surface area (Å²) in [7, 11) is 3.52. The highest BCUT2D eigenvalue weighted by atomic mass is 16.6. The lowest BCUT2D eigenvalue weighted by atomic mass is 9.37. The van der Waals surface area contributed by atoms with Gasteiger partial charge in [0.25, 0.3) is 0 Å². The summed E-state index contributed by atoms with van der Waals surface area (Å²) in [4.78, 5) is 16.7. The van der Waals surface area contributed by atoms with Crippen LogP contribution in [0.3, 0.4) is 0 Å². The normalized spacial score (nSPS) is 39.7. The fourth-order valence-electron chi connectivity index (χ4n) is 9.29. The van der Waals surface area contributed by atoms with E-state index >= 15 is 0 Å². The second-order valence-electron chi connectivity index (χ2n) is 12.7. The molecule has 6 aliphatic carbocycles. The van der Waals surface area contributed by atoms with Crippen LogP contribution < -0.4 is 14.8 Å². The Kier molecular flexibility index (Phi) is 4.45. The van der Waals surface area contributed by atoms with Crippen LogP contribution in [0.15, 0.2) is 23.8 Å². The van der Waals surface area contributed by atoms with Gasteiger partial charge in [0, 0.05) is 42.8 Å². The molecule has 5 atom stereocenters. The highest BCUT2D eigenvalue weighted by molar-refractivity contribution is 5.97. The van der Waals surface area contributed by atoms with Crippen molar-refractivity contribution in [3.05, 3.63) is 34.9 Å². The molecule has 2 spiro atoms. The first-order chi connectivity index (χ1) is 17.6. The monoisotopic (exact) mass is 490 g/mol. The fourth-order valence-corrected chi connectivity index (χ4v) is 9.29. The number of nitrogens with zero attached hydrogens (tertiary/aromatic N) is 1. The van der Waals surface area contributed by atoms with Crippen molar-refractivity contribution in [3.8, 4) is 11.5 Å². The summed E-state index contributed by atoms with van der Waals surface area (Å²) in [5.74, 6) is 3.25. The minimum absolute atomic E-state index is 0.0572. The highest BCUT2D eigenvalue weighted by Crippen LogP contribution is 2.75. The summed E-state index contributed by atoms with van der Waals surface area (Å²) in [6.07, 6.45) is 12.6. The van der Waals surface area contributed by atoms with Crippen LogP contribution in [0.5, 0.6) is 11.5 Å². The largest absolute Gasteiger partial charge is 0.493 e. The number of hydrogen-bond donors (Lipinski definition) is 1. The lowest BCUT2D eigenvalue weighted by molar-refractivity contribution is -0.196. The third-order valence-corrected chi connectivity index (χ3v) is 11.4. The van der Waals surface area contributed by atoms with Crippen LogP contribution in [0.1, 0.15) is 62.5 Å². The van der Waals surface area contributed by atoms with Crippen molar-refractivity contribution in [2.45, 2.75) is 80.9 Å². The van der Waals surface area contributed by atoms with Crippen LogP contribution in [0.25, 0.3) is 0 Å². The van der Waals surface area contributed by atoms with Crippen LogP contribution in [-0.4, -0.2) is 62.4 Å². The van der Waals surface area contributed by atoms with Crippen molar-refractivity contribution >= 4 is 5.91 Å². The van der Waals surface area contributed by atoms with E-state index in [1.54, 1.807) is 14.2 Å². The number of ether oxygens (including phenoxy) is 3. The molecule has 6 heteroatoms. The first-order valence-electron chi connectivity index (χ1n) is 14.2. The average Bonchev–Trinajstić information content (AvgIpc) is 3.61. The van der Waals surface area contributed by atoms with Crippen molar-refractivity contribution in [1.82, 2.24) is 10.2 Å². The Balaban J connectivity index is 1.31. The number of fused-ring (bicyclic) bond motifs is 1. The van der Waals surface area contributed by atoms with Gasteiger partial charge in [-0.3, -0.25) is 9.69 Å². The standard InChI is InChI=1S/C30H38N2O4/c1-34-22-9-8-20-14-23-28-10-11-30(35-2,21(15-28)26(33)31-16-18-4-3-5-18)27-29(28,24(20)25(22)36-27)12-13-32(23)17-19-6-7-19/h8-9,15,18-19,23,27H,3-7,10-14,16-17H2,1-2H3,(H,31,33)/t23-,27-,28-,29+,30-/m1/s1. The number of likely N-dealkylation sites (tertiary alicyclic amines) is 1. The topological polar surface area (TPSA) is 60.0 Å². The Hall–Kier alpha value is -2.05. The minimum Gasteiger partial charge on any atom is -0.493 e. The predicted molar refractivity (Wildman–Crippen MR) is 135 cm³/mol. The lowest BCUT2D eigenvalue weighted by Crippen LogP contribution is -2.78. The number of methoxy groups -OCH3 is 2. The molecule has 0 unspecified atom stereocenters. The number of rotatable bonds is 7. The first-order valence-corrected chi connectivity index (χ1v) is 14.2. The second-order valence-corrected chi connectivity index (χ2v) is 12.7. The molecule has 4 bridgehead atoms. The molecule has 0 radical (unpaired) electrons. The van der Waals surface area contributed by atoms with E-state index in [-0.39, 0.29) is 22.8 Å². The Morgan fingerprint density at radius 2 is 2.00 bits per heavy atom. The molecule has 1 saturated heterocycles. The van der Waals surface area contributed by atoms with Crippen LogP contribution in [0.4, 0.5) is 0 Å². The van der Waals surface area contributed by atoms with Gasteiger partial charge in [-0.25, -0.2) is 0 Å². The van der Waals surface area contributed by atoms with Gasteiger partial charge in [-0.1, -0.05) is 18.6 Å². The summed E-state index contributed by atoms with van der Waals surface area (Å²) in [5.41, 5.74) is 2.59. The van der Waals surface area contributed by atoms with Gasteiger partial charge in [-0.2, -0.15) is 0 Å². The zero-order chi connectivity index (χ0) is 24.3. The Morgan fingerprint density at radius 3 is 2.72 bits per heavy atom. The molecular weight excluding hydrogens is 452 g/mol. The maximum atomic E-state index is 13.9. The molecule has 1 aromatic carbocycles. The molecule has 1 aromatic rings. The van der Waals surface area contributed by atoms with Crippen LogP contribution >= 0.6 is 0 Å². The first kappa shape index (κ1) is 22.0. The zero-order valence-electron chi connectivity index (χ0n) is 21.6. The van der Waals surface area contributed by atoms with Crippen LogP contribution in [0, 0.1) is 17.3 Å². The van der Waals surface area contributed by atoms with E-state index in [0.717, 1.165) is 61.8 Å². The summed E-state index contributed by atoms with van der Waals surface area (Å²) < 4.78 is 19.3. The summed E-state index contributed by atoms with van der Waals surface area (Å²) in [6.45, 7) is 3.06. The predicted octanol–water partition coefficient (Wildman–Crippen LogP) is 3.76. The van der Waals surface area contributed by atoms with Gasteiger partial charge in [0.15, 0.2) is 11.5 Å². The van der Waals surface area contributed by atoms with Crippen molar-refractivity contribution in [2.75, 3.05) is 33.9 Å². The van der Waals surface area contributed by atoms with Crippen LogP contribution in [0.2, 0.25) is 0 Å². The van der Waals surface area contributed by atoms with Crippen molar-refractivity contribution < 1.29 is 19.0 Å². The third kappa shape index (κ3) is 2.49. The van der Waals surface area contributed by atoms with E-state index in [0.29, 0.717) is 12.0 Å². The van der Waals surface area contributed by atoms with Gasteiger partial charge in [-0.05, 0) is 81.4 Å². The molecule has 0 aromatic heterocycles. The Bertz CT molecular complexity index is 1170. The molecule has 8 aliphatic rings. The molecular formula is C30H38N2O4. The SMILES string of the molecule is COc1ccc2c3c1O[C@@H]1[C@]34CCN(CC3CC3)[C@H](C2)[C@@]42C=C(C(=O)NCC3CCC3)[C@]1(OC)CC2. The molecule has 9 rings (SSSR count). The van der Waals surface area contributed by atoms with Gasteiger partial charge in [0.05, 0.1) is 12.5 Å². The average molecular weight is 491 g/mol. The number of hydrogen-bond acceptors (Lipinski definition) is 5. The maximum absolute atomic E-state index is 13.9. The molecule has 4 fully saturated rings. The van der Waals surface area contributed by atoms with Gasteiger partial charge in [0.2, 0.25) is 5.91 Å². The number of piperidine rings is 1. The number of amides is 1.